The summed E-state index contributed by atoms with van der Waals surface area (Å²) in [5.41, 5.74) is 6.93. The Morgan fingerprint density at radius 1 is 1.48 bits per heavy atom. The minimum Gasteiger partial charge on any atom is -0.508 e. The summed E-state index contributed by atoms with van der Waals surface area (Å²) in [6, 6.07) is 4.96. The number of likely N-dealkylation sites (tertiary alicyclic amines) is 1. The van der Waals surface area contributed by atoms with Gasteiger partial charge in [-0.25, -0.2) is 0 Å². The number of aromatic hydroxyl groups is 1. The summed E-state index contributed by atoms with van der Waals surface area (Å²) in [7, 11) is 0. The SMILES string of the molecule is Cc1cc(O)ccc1C(=O)NC1CCN(CC(N)=S)CC1. The maximum atomic E-state index is 12.3. The van der Waals surface area contributed by atoms with E-state index in [0.29, 0.717) is 17.1 Å². The van der Waals surface area contributed by atoms with Gasteiger partial charge in [0.05, 0.1) is 4.99 Å². The molecule has 1 heterocycles. The van der Waals surface area contributed by atoms with Gasteiger partial charge in [0.2, 0.25) is 0 Å². The van der Waals surface area contributed by atoms with Crippen LogP contribution in [-0.4, -0.2) is 46.6 Å². The van der Waals surface area contributed by atoms with Crippen LogP contribution in [0.5, 0.6) is 5.75 Å². The van der Waals surface area contributed by atoms with E-state index in [9.17, 15) is 9.90 Å². The van der Waals surface area contributed by atoms with Crippen LogP contribution in [-0.2, 0) is 0 Å². The fourth-order valence-electron chi connectivity index (χ4n) is 2.62. The Bertz CT molecular complexity index is 540. The lowest BCUT2D eigenvalue weighted by Gasteiger charge is -2.32. The van der Waals surface area contributed by atoms with Gasteiger partial charge in [-0.3, -0.25) is 9.69 Å². The fraction of sp³-hybridized carbons (Fsp3) is 0.467. The fourth-order valence-corrected chi connectivity index (χ4v) is 2.80. The Balaban J connectivity index is 1.88. The normalized spacial score (nSPS) is 16.6. The number of nitrogens with two attached hydrogens (primary N) is 1. The van der Waals surface area contributed by atoms with Crippen molar-refractivity contribution in [2.75, 3.05) is 19.6 Å². The number of benzene rings is 1. The van der Waals surface area contributed by atoms with Crippen LogP contribution in [0.4, 0.5) is 0 Å². The van der Waals surface area contributed by atoms with Gasteiger partial charge in [-0.05, 0) is 43.5 Å². The zero-order chi connectivity index (χ0) is 15.4. The van der Waals surface area contributed by atoms with Gasteiger partial charge in [-0.15, -0.1) is 0 Å². The molecule has 0 atom stereocenters. The average Bonchev–Trinajstić information content (AvgIpc) is 2.40. The number of thiocarbonyl (C=S) groups is 1. The molecule has 1 aromatic carbocycles. The van der Waals surface area contributed by atoms with Crippen LogP contribution in [0.15, 0.2) is 18.2 Å². The van der Waals surface area contributed by atoms with Gasteiger partial charge in [0, 0.05) is 31.2 Å². The molecule has 0 bridgehead atoms. The molecule has 0 unspecified atom stereocenters. The minimum absolute atomic E-state index is 0.0831. The zero-order valence-electron chi connectivity index (χ0n) is 12.1. The van der Waals surface area contributed by atoms with Crippen molar-refractivity contribution in [2.24, 2.45) is 5.73 Å². The van der Waals surface area contributed by atoms with Gasteiger partial charge >= 0.3 is 0 Å². The van der Waals surface area contributed by atoms with Crippen LogP contribution in [0.25, 0.3) is 0 Å². The molecule has 114 valence electrons. The first-order valence-corrected chi connectivity index (χ1v) is 7.47. The number of carbonyl (C=O) groups is 1. The highest BCUT2D eigenvalue weighted by Crippen LogP contribution is 2.17. The molecule has 21 heavy (non-hydrogen) atoms. The predicted molar refractivity (Wildman–Crippen MR) is 86.6 cm³/mol. The van der Waals surface area contributed by atoms with Crippen molar-refractivity contribution in [1.29, 1.82) is 0 Å². The highest BCUT2D eigenvalue weighted by Gasteiger charge is 2.21. The third kappa shape index (κ3) is 4.41. The number of phenolic OH excluding ortho intramolecular Hbond substituents is 1. The topological polar surface area (TPSA) is 78.6 Å². The molecule has 0 spiro atoms. The van der Waals surface area contributed by atoms with E-state index >= 15 is 0 Å². The predicted octanol–water partition coefficient (Wildman–Crippen LogP) is 1.18. The lowest BCUT2D eigenvalue weighted by atomic mass is 10.0. The number of amides is 1. The van der Waals surface area contributed by atoms with Crippen LogP contribution in [0.1, 0.15) is 28.8 Å². The maximum absolute atomic E-state index is 12.3. The molecule has 1 aromatic rings. The lowest BCUT2D eigenvalue weighted by molar-refractivity contribution is 0.0914. The number of piperidine rings is 1. The van der Waals surface area contributed by atoms with E-state index in [4.69, 9.17) is 18.0 Å². The highest BCUT2D eigenvalue weighted by atomic mass is 32.1. The summed E-state index contributed by atoms with van der Waals surface area (Å²) in [6.07, 6.45) is 1.79. The Morgan fingerprint density at radius 2 is 2.14 bits per heavy atom. The Hall–Kier alpha value is -1.66. The summed E-state index contributed by atoms with van der Waals surface area (Å²) >= 11 is 4.91. The van der Waals surface area contributed by atoms with E-state index in [0.717, 1.165) is 31.5 Å². The van der Waals surface area contributed by atoms with Crippen LogP contribution >= 0.6 is 12.2 Å². The van der Waals surface area contributed by atoms with Crippen LogP contribution < -0.4 is 11.1 Å². The number of hydrogen-bond donors (Lipinski definition) is 3. The molecule has 0 aliphatic carbocycles. The van der Waals surface area contributed by atoms with Crippen molar-refractivity contribution in [3.8, 4) is 5.75 Å². The average molecular weight is 307 g/mol. The molecular formula is C15H21N3O2S. The smallest absolute Gasteiger partial charge is 0.251 e. The molecule has 1 aliphatic heterocycles. The summed E-state index contributed by atoms with van der Waals surface area (Å²) in [6.45, 7) is 4.24. The second-order valence-electron chi connectivity index (χ2n) is 5.49. The van der Waals surface area contributed by atoms with E-state index < -0.39 is 0 Å². The molecule has 0 radical (unpaired) electrons. The van der Waals surface area contributed by atoms with Gasteiger partial charge in [0.15, 0.2) is 0 Å². The molecule has 1 aliphatic rings. The van der Waals surface area contributed by atoms with E-state index in [1.807, 2.05) is 6.92 Å². The van der Waals surface area contributed by atoms with Gasteiger partial charge in [-0.1, -0.05) is 12.2 Å². The number of carbonyl (C=O) groups excluding carboxylic acids is 1. The molecular weight excluding hydrogens is 286 g/mol. The van der Waals surface area contributed by atoms with Crippen molar-refractivity contribution in [3.05, 3.63) is 29.3 Å². The van der Waals surface area contributed by atoms with Crippen LogP contribution in [0.3, 0.4) is 0 Å². The van der Waals surface area contributed by atoms with Gasteiger partial charge < -0.3 is 16.2 Å². The monoisotopic (exact) mass is 307 g/mol. The number of phenols is 1. The number of nitrogens with zero attached hydrogens (tertiary/aromatic N) is 1. The van der Waals surface area contributed by atoms with E-state index in [1.165, 1.54) is 6.07 Å². The molecule has 1 amide bonds. The third-order valence-electron chi connectivity index (χ3n) is 3.76. The van der Waals surface area contributed by atoms with Crippen molar-refractivity contribution >= 4 is 23.1 Å². The Labute approximate surface area is 130 Å². The third-order valence-corrected chi connectivity index (χ3v) is 3.89. The van der Waals surface area contributed by atoms with Crippen LogP contribution in [0, 0.1) is 6.92 Å². The van der Waals surface area contributed by atoms with E-state index in [1.54, 1.807) is 12.1 Å². The van der Waals surface area contributed by atoms with Gasteiger partial charge in [0.1, 0.15) is 5.75 Å². The molecule has 5 nitrogen and oxygen atoms in total. The lowest BCUT2D eigenvalue weighted by Crippen LogP contribution is -2.46. The number of nitrogens with one attached hydrogen (secondary N) is 1. The number of hydrogen-bond acceptors (Lipinski definition) is 4. The van der Waals surface area contributed by atoms with Crippen molar-refractivity contribution < 1.29 is 9.90 Å². The molecule has 1 fully saturated rings. The molecule has 6 heteroatoms. The second-order valence-corrected chi connectivity index (χ2v) is 6.01. The molecule has 0 saturated carbocycles. The van der Waals surface area contributed by atoms with Crippen molar-refractivity contribution in [1.82, 2.24) is 10.2 Å². The molecule has 2 rings (SSSR count). The Morgan fingerprint density at radius 3 is 2.71 bits per heavy atom. The maximum Gasteiger partial charge on any atom is 0.251 e. The second kappa shape index (κ2) is 6.87. The summed E-state index contributed by atoms with van der Waals surface area (Å²) in [5, 5.41) is 12.4. The van der Waals surface area contributed by atoms with E-state index in [2.05, 4.69) is 10.2 Å². The van der Waals surface area contributed by atoms with Crippen molar-refractivity contribution in [2.45, 2.75) is 25.8 Å². The zero-order valence-corrected chi connectivity index (χ0v) is 12.9. The minimum atomic E-state index is -0.0831. The molecule has 0 aromatic heterocycles. The molecule has 4 N–H and O–H groups in total. The quantitative estimate of drug-likeness (QED) is 0.728. The largest absolute Gasteiger partial charge is 0.508 e. The number of aryl methyl sites for hydroxylation is 1. The Kier molecular flexibility index (Phi) is 5.14. The highest BCUT2D eigenvalue weighted by molar-refractivity contribution is 7.80. The number of rotatable bonds is 4. The van der Waals surface area contributed by atoms with Crippen molar-refractivity contribution in [3.63, 3.8) is 0 Å². The standard InChI is InChI=1S/C15H21N3O2S/c1-10-8-12(19)2-3-13(10)15(20)17-11-4-6-18(7-5-11)9-14(16)21/h2-3,8,11,19H,4-7,9H2,1H3,(H2,16,21)(H,17,20). The molecule has 1 saturated heterocycles. The van der Waals surface area contributed by atoms with Gasteiger partial charge in [-0.2, -0.15) is 0 Å². The first-order chi connectivity index (χ1) is 9.95. The summed E-state index contributed by atoms with van der Waals surface area (Å²) < 4.78 is 0. The van der Waals surface area contributed by atoms with Crippen LogP contribution in [0.2, 0.25) is 0 Å². The van der Waals surface area contributed by atoms with Gasteiger partial charge in [0.25, 0.3) is 5.91 Å². The summed E-state index contributed by atoms with van der Waals surface area (Å²) in [4.78, 5) is 15.0. The van der Waals surface area contributed by atoms with E-state index in [-0.39, 0.29) is 17.7 Å². The first kappa shape index (κ1) is 15.7. The first-order valence-electron chi connectivity index (χ1n) is 7.07. The summed E-state index contributed by atoms with van der Waals surface area (Å²) in [5.74, 6) is 0.0930.